The van der Waals surface area contributed by atoms with E-state index in [2.05, 4.69) is 28.8 Å². The van der Waals surface area contributed by atoms with Crippen molar-refractivity contribution in [3.05, 3.63) is 24.0 Å². The predicted octanol–water partition coefficient (Wildman–Crippen LogP) is 2.34. The smallest absolute Gasteiger partial charge is 0.0792 e. The topological polar surface area (TPSA) is 42.1 Å². The van der Waals surface area contributed by atoms with Gasteiger partial charge in [-0.05, 0) is 37.3 Å². The highest BCUT2D eigenvalue weighted by atomic mass is 15.1. The van der Waals surface area contributed by atoms with Crippen LogP contribution in [0.4, 0.5) is 5.69 Å². The van der Waals surface area contributed by atoms with Crippen molar-refractivity contribution in [3.63, 3.8) is 0 Å². The van der Waals surface area contributed by atoms with Crippen LogP contribution in [0.1, 0.15) is 37.9 Å². The molecule has 0 radical (unpaired) electrons. The molecule has 1 fully saturated rings. The molecule has 0 spiro atoms. The van der Waals surface area contributed by atoms with Crippen LogP contribution in [0, 0.1) is 18.3 Å². The van der Waals surface area contributed by atoms with E-state index in [1.54, 1.807) is 0 Å². The molecule has 0 bridgehead atoms. The highest BCUT2D eigenvalue weighted by molar-refractivity contribution is 5.46. The number of nitrogens with two attached hydrogens (primary N) is 1. The van der Waals surface area contributed by atoms with Crippen molar-refractivity contribution in [2.75, 3.05) is 18.0 Å². The zero-order valence-corrected chi connectivity index (χ0v) is 11.0. The van der Waals surface area contributed by atoms with E-state index in [0.29, 0.717) is 6.54 Å². The summed E-state index contributed by atoms with van der Waals surface area (Å²) >= 11 is 0. The first-order chi connectivity index (χ1) is 8.74. The van der Waals surface area contributed by atoms with Crippen molar-refractivity contribution < 1.29 is 0 Å². The number of hydrogen-bond donors (Lipinski definition) is 1. The van der Waals surface area contributed by atoms with Crippen molar-refractivity contribution >= 4 is 5.69 Å². The van der Waals surface area contributed by atoms with Crippen molar-refractivity contribution in [2.45, 2.75) is 32.2 Å². The average Bonchev–Trinajstić information content (AvgIpc) is 3.21. The highest BCUT2D eigenvalue weighted by Crippen LogP contribution is 2.31. The van der Waals surface area contributed by atoms with Crippen LogP contribution in [-0.2, 0) is 0 Å². The van der Waals surface area contributed by atoms with E-state index in [9.17, 15) is 0 Å². The standard InChI is InChI=1S/C15H21N3/c1-3-9-18(11-12-5-6-12)13-7-8-15(17-10-13)14(16)4-2/h1,7-8,10,12,14H,4-6,9,11,16H2,2H3/t14-/m1/s1. The Balaban J connectivity index is 2.07. The molecule has 0 saturated heterocycles. The van der Waals surface area contributed by atoms with E-state index in [0.717, 1.165) is 30.3 Å². The first-order valence-corrected chi connectivity index (χ1v) is 6.64. The van der Waals surface area contributed by atoms with Gasteiger partial charge in [0.2, 0.25) is 0 Å². The quantitative estimate of drug-likeness (QED) is 0.780. The van der Waals surface area contributed by atoms with Gasteiger partial charge in [-0.2, -0.15) is 0 Å². The Morgan fingerprint density at radius 1 is 1.56 bits per heavy atom. The molecule has 3 nitrogen and oxygen atoms in total. The fraction of sp³-hybridized carbons (Fsp3) is 0.533. The molecule has 0 amide bonds. The molecule has 2 rings (SSSR count). The van der Waals surface area contributed by atoms with Gasteiger partial charge in [0.25, 0.3) is 0 Å². The summed E-state index contributed by atoms with van der Waals surface area (Å²) in [7, 11) is 0. The minimum atomic E-state index is 0.0311. The Morgan fingerprint density at radius 3 is 2.83 bits per heavy atom. The zero-order chi connectivity index (χ0) is 13.0. The highest BCUT2D eigenvalue weighted by Gasteiger charge is 2.24. The van der Waals surface area contributed by atoms with Crippen LogP contribution in [0.5, 0.6) is 0 Å². The number of pyridine rings is 1. The average molecular weight is 243 g/mol. The third-order valence-electron chi connectivity index (χ3n) is 3.41. The molecule has 1 heterocycles. The lowest BCUT2D eigenvalue weighted by Gasteiger charge is -2.22. The third-order valence-corrected chi connectivity index (χ3v) is 3.41. The van der Waals surface area contributed by atoms with E-state index in [4.69, 9.17) is 12.2 Å². The summed E-state index contributed by atoms with van der Waals surface area (Å²) in [6, 6.07) is 4.13. The molecule has 96 valence electrons. The van der Waals surface area contributed by atoms with Crippen molar-refractivity contribution in [3.8, 4) is 12.3 Å². The van der Waals surface area contributed by atoms with E-state index >= 15 is 0 Å². The molecule has 18 heavy (non-hydrogen) atoms. The summed E-state index contributed by atoms with van der Waals surface area (Å²) in [5.41, 5.74) is 8.02. The van der Waals surface area contributed by atoms with Gasteiger partial charge in [-0.25, -0.2) is 0 Å². The number of terminal acetylenes is 1. The Labute approximate surface area is 109 Å². The van der Waals surface area contributed by atoms with Crippen LogP contribution in [0.2, 0.25) is 0 Å². The maximum atomic E-state index is 5.96. The number of aromatic nitrogens is 1. The number of nitrogens with zero attached hydrogens (tertiary/aromatic N) is 2. The van der Waals surface area contributed by atoms with Gasteiger partial charge < -0.3 is 10.6 Å². The summed E-state index contributed by atoms with van der Waals surface area (Å²) in [5, 5.41) is 0. The summed E-state index contributed by atoms with van der Waals surface area (Å²) in [6.45, 7) is 3.76. The van der Waals surface area contributed by atoms with Gasteiger partial charge in [-0.15, -0.1) is 6.42 Å². The molecule has 1 aromatic rings. The van der Waals surface area contributed by atoms with Gasteiger partial charge in [0.15, 0.2) is 0 Å². The van der Waals surface area contributed by atoms with Crippen LogP contribution < -0.4 is 10.6 Å². The van der Waals surface area contributed by atoms with Crippen LogP contribution in [0.25, 0.3) is 0 Å². The fourth-order valence-electron chi connectivity index (χ4n) is 2.00. The summed E-state index contributed by atoms with van der Waals surface area (Å²) in [6.07, 6.45) is 10.9. The molecular weight excluding hydrogens is 222 g/mol. The van der Waals surface area contributed by atoms with Gasteiger partial charge in [0.05, 0.1) is 24.1 Å². The predicted molar refractivity (Wildman–Crippen MR) is 75.2 cm³/mol. The van der Waals surface area contributed by atoms with Crippen molar-refractivity contribution in [1.82, 2.24) is 4.98 Å². The number of anilines is 1. The molecule has 1 atom stereocenters. The van der Waals surface area contributed by atoms with Gasteiger partial charge in [-0.3, -0.25) is 4.98 Å². The first-order valence-electron chi connectivity index (χ1n) is 6.64. The molecule has 1 aliphatic rings. The van der Waals surface area contributed by atoms with Crippen LogP contribution in [0.3, 0.4) is 0 Å². The van der Waals surface area contributed by atoms with Crippen molar-refractivity contribution in [1.29, 1.82) is 0 Å². The molecule has 0 aromatic carbocycles. The Morgan fingerprint density at radius 2 is 2.33 bits per heavy atom. The maximum Gasteiger partial charge on any atom is 0.0792 e. The van der Waals surface area contributed by atoms with Crippen molar-refractivity contribution in [2.24, 2.45) is 11.7 Å². The summed E-state index contributed by atoms with van der Waals surface area (Å²) in [5.74, 6) is 3.54. The second-order valence-corrected chi connectivity index (χ2v) is 4.98. The number of rotatable bonds is 6. The van der Waals surface area contributed by atoms with Gasteiger partial charge in [0.1, 0.15) is 0 Å². The molecular formula is C15H21N3. The minimum Gasteiger partial charge on any atom is -0.359 e. The number of hydrogen-bond acceptors (Lipinski definition) is 3. The van der Waals surface area contributed by atoms with Gasteiger partial charge in [-0.1, -0.05) is 12.8 Å². The molecule has 1 aliphatic carbocycles. The molecule has 3 heteroatoms. The Kier molecular flexibility index (Phi) is 4.22. The van der Waals surface area contributed by atoms with Gasteiger partial charge in [0, 0.05) is 12.6 Å². The molecule has 0 aliphatic heterocycles. The van der Waals surface area contributed by atoms with Crippen LogP contribution >= 0.6 is 0 Å². The lowest BCUT2D eigenvalue weighted by Crippen LogP contribution is -2.26. The van der Waals surface area contributed by atoms with E-state index in [1.807, 2.05) is 12.3 Å². The Hall–Kier alpha value is -1.53. The maximum absolute atomic E-state index is 5.96. The molecule has 2 N–H and O–H groups in total. The summed E-state index contributed by atoms with van der Waals surface area (Å²) in [4.78, 5) is 6.67. The van der Waals surface area contributed by atoms with E-state index in [1.165, 1.54) is 12.8 Å². The molecule has 1 aromatic heterocycles. The minimum absolute atomic E-state index is 0.0311. The molecule has 0 unspecified atom stereocenters. The Bertz CT molecular complexity index is 414. The zero-order valence-electron chi connectivity index (χ0n) is 11.0. The van der Waals surface area contributed by atoms with Crippen LogP contribution in [-0.4, -0.2) is 18.1 Å². The normalized spacial score (nSPS) is 16.1. The lowest BCUT2D eigenvalue weighted by atomic mass is 10.1. The first kappa shape index (κ1) is 12.9. The van der Waals surface area contributed by atoms with E-state index < -0.39 is 0 Å². The molecule has 1 saturated carbocycles. The third kappa shape index (κ3) is 3.24. The summed E-state index contributed by atoms with van der Waals surface area (Å²) < 4.78 is 0. The second-order valence-electron chi connectivity index (χ2n) is 4.98. The SMILES string of the molecule is C#CCN(CC1CC1)c1ccc([C@H](N)CC)nc1. The van der Waals surface area contributed by atoms with E-state index in [-0.39, 0.29) is 6.04 Å². The largest absolute Gasteiger partial charge is 0.359 e. The lowest BCUT2D eigenvalue weighted by molar-refractivity contribution is 0.674. The fourth-order valence-corrected chi connectivity index (χ4v) is 2.00. The van der Waals surface area contributed by atoms with Gasteiger partial charge >= 0.3 is 0 Å². The second kappa shape index (κ2) is 5.88. The van der Waals surface area contributed by atoms with Crippen LogP contribution in [0.15, 0.2) is 18.3 Å². The monoisotopic (exact) mass is 243 g/mol.